The fourth-order valence-electron chi connectivity index (χ4n) is 2.56. The predicted octanol–water partition coefficient (Wildman–Crippen LogP) is 4.45. The molecule has 1 aromatic carbocycles. The van der Waals surface area contributed by atoms with Crippen LogP contribution in [0.5, 0.6) is 0 Å². The summed E-state index contributed by atoms with van der Waals surface area (Å²) >= 11 is 3.45. The first-order valence-corrected chi connectivity index (χ1v) is 7.05. The normalized spacial score (nSPS) is 16.6. The number of carbonyl (C=O) groups excluding carboxylic acids is 1. The molecule has 3 nitrogen and oxygen atoms in total. The Balaban J connectivity index is 2.10. The average molecular weight is 308 g/mol. The van der Waals surface area contributed by atoms with Gasteiger partial charge in [-0.1, -0.05) is 12.8 Å². The van der Waals surface area contributed by atoms with Gasteiger partial charge in [0.2, 0.25) is 0 Å². The number of nitrogens with zero attached hydrogens (tertiary/aromatic N) is 1. The van der Waals surface area contributed by atoms with E-state index in [4.69, 9.17) is 4.42 Å². The lowest BCUT2D eigenvalue weighted by atomic mass is 10.1. The number of halogens is 1. The highest BCUT2D eigenvalue weighted by Gasteiger charge is 2.23. The Morgan fingerprint density at radius 1 is 1.39 bits per heavy atom. The Morgan fingerprint density at radius 3 is 2.78 bits per heavy atom. The molecule has 1 aromatic heterocycles. The minimum Gasteiger partial charge on any atom is -0.439 e. The van der Waals surface area contributed by atoms with Gasteiger partial charge in [0.05, 0.1) is 4.47 Å². The molecule has 1 aliphatic rings. The van der Waals surface area contributed by atoms with E-state index in [0.717, 1.165) is 34.3 Å². The van der Waals surface area contributed by atoms with E-state index >= 15 is 0 Å². The summed E-state index contributed by atoms with van der Waals surface area (Å²) in [5, 5.41) is 0. The van der Waals surface area contributed by atoms with Crippen molar-refractivity contribution in [1.29, 1.82) is 0 Å². The molecule has 94 valence electrons. The number of hydrogen-bond donors (Lipinski definition) is 0. The topological polar surface area (TPSA) is 43.1 Å². The number of hydrogen-bond acceptors (Lipinski definition) is 3. The van der Waals surface area contributed by atoms with Gasteiger partial charge in [-0.05, 0) is 47.8 Å². The van der Waals surface area contributed by atoms with Crippen LogP contribution in [0.4, 0.5) is 0 Å². The Morgan fingerprint density at radius 2 is 2.11 bits per heavy atom. The maximum atomic E-state index is 11.4. The molecular weight excluding hydrogens is 294 g/mol. The number of rotatable bonds is 2. The molecule has 0 N–H and O–H groups in total. The Hall–Kier alpha value is -1.16. The Labute approximate surface area is 114 Å². The van der Waals surface area contributed by atoms with Crippen molar-refractivity contribution >= 4 is 32.8 Å². The Bertz CT molecular complexity index is 612. The van der Waals surface area contributed by atoms with Gasteiger partial charge >= 0.3 is 0 Å². The lowest BCUT2D eigenvalue weighted by Crippen LogP contribution is -1.92. The smallest absolute Gasteiger partial charge is 0.198 e. The van der Waals surface area contributed by atoms with Crippen LogP contribution >= 0.6 is 15.9 Å². The Kier molecular flexibility index (Phi) is 2.98. The largest absolute Gasteiger partial charge is 0.439 e. The predicted molar refractivity (Wildman–Crippen MR) is 72.9 cm³/mol. The standard InChI is InChI=1S/C14H14BrNO2/c1-8(17)10-6-11(15)13-12(7-10)16-14(18-13)9-4-2-3-5-9/h6-7,9H,2-5H2,1H3. The van der Waals surface area contributed by atoms with Crippen molar-refractivity contribution in [2.45, 2.75) is 38.5 Å². The highest BCUT2D eigenvalue weighted by atomic mass is 79.9. The third kappa shape index (κ3) is 1.99. The number of carbonyl (C=O) groups is 1. The van der Waals surface area contributed by atoms with Gasteiger partial charge in [-0.2, -0.15) is 0 Å². The molecular formula is C14H14BrNO2. The summed E-state index contributed by atoms with van der Waals surface area (Å²) in [5.74, 6) is 1.32. The molecule has 0 atom stereocenters. The molecule has 0 saturated heterocycles. The van der Waals surface area contributed by atoms with Crippen LogP contribution in [0.3, 0.4) is 0 Å². The van der Waals surface area contributed by atoms with Crippen LogP contribution < -0.4 is 0 Å². The molecule has 3 rings (SSSR count). The van der Waals surface area contributed by atoms with Crippen LogP contribution in [0, 0.1) is 0 Å². The summed E-state index contributed by atoms with van der Waals surface area (Å²) in [7, 11) is 0. The maximum Gasteiger partial charge on any atom is 0.198 e. The van der Waals surface area contributed by atoms with Crippen molar-refractivity contribution in [3.05, 3.63) is 28.1 Å². The van der Waals surface area contributed by atoms with Crippen LogP contribution in [0.2, 0.25) is 0 Å². The van der Waals surface area contributed by atoms with Crippen molar-refractivity contribution in [2.24, 2.45) is 0 Å². The van der Waals surface area contributed by atoms with E-state index in [1.807, 2.05) is 6.07 Å². The number of oxazole rings is 1. The summed E-state index contributed by atoms with van der Waals surface area (Å²) in [6.45, 7) is 1.56. The van der Waals surface area contributed by atoms with Gasteiger partial charge in [0.25, 0.3) is 0 Å². The third-order valence-electron chi connectivity index (χ3n) is 3.57. The van der Waals surface area contributed by atoms with Crippen molar-refractivity contribution in [3.8, 4) is 0 Å². The van der Waals surface area contributed by atoms with E-state index in [0.29, 0.717) is 11.5 Å². The SMILES string of the molecule is CC(=O)c1cc(Br)c2oc(C3CCCC3)nc2c1. The molecule has 1 aliphatic carbocycles. The monoisotopic (exact) mass is 307 g/mol. The van der Waals surface area contributed by atoms with Crippen molar-refractivity contribution in [2.75, 3.05) is 0 Å². The zero-order valence-electron chi connectivity index (χ0n) is 10.2. The van der Waals surface area contributed by atoms with Crippen molar-refractivity contribution < 1.29 is 9.21 Å². The van der Waals surface area contributed by atoms with Crippen molar-refractivity contribution in [1.82, 2.24) is 4.98 Å². The maximum absolute atomic E-state index is 11.4. The van der Waals surface area contributed by atoms with Crippen LogP contribution in [-0.2, 0) is 0 Å². The number of ketones is 1. The molecule has 0 spiro atoms. The zero-order valence-corrected chi connectivity index (χ0v) is 11.8. The molecule has 0 amide bonds. The first-order chi connectivity index (χ1) is 8.65. The number of Topliss-reactive ketones (excluding diaryl/α,β-unsaturated/α-hetero) is 1. The highest BCUT2D eigenvalue weighted by molar-refractivity contribution is 9.10. The lowest BCUT2D eigenvalue weighted by Gasteiger charge is -2.00. The molecule has 4 heteroatoms. The highest BCUT2D eigenvalue weighted by Crippen LogP contribution is 2.36. The molecule has 1 fully saturated rings. The minimum absolute atomic E-state index is 0.0445. The van der Waals surface area contributed by atoms with Crippen LogP contribution in [0.1, 0.15) is 54.8 Å². The minimum atomic E-state index is 0.0445. The summed E-state index contributed by atoms with van der Waals surface area (Å²) in [6.07, 6.45) is 4.82. The second-order valence-electron chi connectivity index (χ2n) is 4.90. The van der Waals surface area contributed by atoms with E-state index in [2.05, 4.69) is 20.9 Å². The molecule has 18 heavy (non-hydrogen) atoms. The van der Waals surface area contributed by atoms with Gasteiger partial charge < -0.3 is 4.42 Å². The molecule has 1 saturated carbocycles. The molecule has 0 bridgehead atoms. The number of aromatic nitrogens is 1. The van der Waals surface area contributed by atoms with E-state index < -0.39 is 0 Å². The van der Waals surface area contributed by atoms with Crippen molar-refractivity contribution in [3.63, 3.8) is 0 Å². The van der Waals surface area contributed by atoms with E-state index in [-0.39, 0.29) is 5.78 Å². The van der Waals surface area contributed by atoms with Crippen LogP contribution in [-0.4, -0.2) is 10.8 Å². The third-order valence-corrected chi connectivity index (χ3v) is 4.16. The molecule has 2 aromatic rings. The quantitative estimate of drug-likeness (QED) is 0.770. The average Bonchev–Trinajstić information content (AvgIpc) is 2.96. The summed E-state index contributed by atoms with van der Waals surface area (Å²) < 4.78 is 6.66. The van der Waals surface area contributed by atoms with Crippen LogP contribution in [0.15, 0.2) is 21.0 Å². The second-order valence-corrected chi connectivity index (χ2v) is 5.75. The molecule has 0 radical (unpaired) electrons. The van der Waals surface area contributed by atoms with Gasteiger partial charge in [0, 0.05) is 11.5 Å². The van der Waals surface area contributed by atoms with E-state index in [1.165, 1.54) is 12.8 Å². The van der Waals surface area contributed by atoms with E-state index in [9.17, 15) is 4.79 Å². The van der Waals surface area contributed by atoms with E-state index in [1.54, 1.807) is 13.0 Å². The van der Waals surface area contributed by atoms with Gasteiger partial charge in [0.15, 0.2) is 17.3 Å². The van der Waals surface area contributed by atoms with Gasteiger partial charge in [-0.25, -0.2) is 4.98 Å². The number of benzene rings is 1. The van der Waals surface area contributed by atoms with Gasteiger partial charge in [-0.15, -0.1) is 0 Å². The zero-order chi connectivity index (χ0) is 12.7. The van der Waals surface area contributed by atoms with Crippen LogP contribution in [0.25, 0.3) is 11.1 Å². The molecule has 0 aliphatic heterocycles. The first-order valence-electron chi connectivity index (χ1n) is 6.26. The summed E-state index contributed by atoms with van der Waals surface area (Å²) in [4.78, 5) is 16.0. The fraction of sp³-hybridized carbons (Fsp3) is 0.429. The fourth-order valence-corrected chi connectivity index (χ4v) is 3.09. The van der Waals surface area contributed by atoms with Gasteiger partial charge in [0.1, 0.15) is 5.52 Å². The second kappa shape index (κ2) is 4.50. The molecule has 1 heterocycles. The lowest BCUT2D eigenvalue weighted by molar-refractivity contribution is 0.101. The summed E-state index contributed by atoms with van der Waals surface area (Å²) in [6, 6.07) is 3.61. The van der Waals surface area contributed by atoms with Gasteiger partial charge in [-0.3, -0.25) is 4.79 Å². The molecule has 0 unspecified atom stereocenters. The number of fused-ring (bicyclic) bond motifs is 1. The summed E-state index contributed by atoms with van der Waals surface area (Å²) in [5.41, 5.74) is 2.19. The first kappa shape index (κ1) is 11.9.